The first-order chi connectivity index (χ1) is 10.5. The van der Waals surface area contributed by atoms with Crippen LogP contribution in [-0.4, -0.2) is 30.0 Å². The number of benzene rings is 1. The Morgan fingerprint density at radius 1 is 1.27 bits per heavy atom. The van der Waals surface area contributed by atoms with Gasteiger partial charge in [-0.3, -0.25) is 4.79 Å². The summed E-state index contributed by atoms with van der Waals surface area (Å²) in [6.45, 7) is 9.70. The standard InChI is InChI=1S/C18H28N2OS/c1-12(2)15-6-5-7-16(13(3)4)18(15)20-17(21)10-14-11-22-9-8-19-14/h5-7,12-14,19H,8-11H2,1-4H3,(H,20,21). The van der Waals surface area contributed by atoms with Crippen LogP contribution in [0.4, 0.5) is 5.69 Å². The fourth-order valence-corrected chi connectivity index (χ4v) is 3.81. The number of rotatable bonds is 5. The Morgan fingerprint density at radius 2 is 1.91 bits per heavy atom. The molecule has 1 atom stereocenters. The van der Waals surface area contributed by atoms with Gasteiger partial charge in [-0.1, -0.05) is 45.9 Å². The number of amides is 1. The van der Waals surface area contributed by atoms with Crippen LogP contribution in [0.5, 0.6) is 0 Å². The second-order valence-electron chi connectivity index (χ2n) is 6.60. The number of hydrogen-bond acceptors (Lipinski definition) is 3. The molecular weight excluding hydrogens is 292 g/mol. The second kappa shape index (κ2) is 8.02. The minimum Gasteiger partial charge on any atom is -0.326 e. The maximum atomic E-state index is 12.5. The molecule has 1 saturated heterocycles. The molecule has 0 spiro atoms. The minimum atomic E-state index is 0.120. The highest BCUT2D eigenvalue weighted by molar-refractivity contribution is 7.99. The van der Waals surface area contributed by atoms with Gasteiger partial charge in [0.05, 0.1) is 0 Å². The SMILES string of the molecule is CC(C)c1cccc(C(C)C)c1NC(=O)CC1CSCCN1. The monoisotopic (exact) mass is 320 g/mol. The van der Waals surface area contributed by atoms with Gasteiger partial charge in [0.1, 0.15) is 0 Å². The smallest absolute Gasteiger partial charge is 0.225 e. The first kappa shape index (κ1) is 17.4. The van der Waals surface area contributed by atoms with Crippen molar-refractivity contribution in [3.8, 4) is 0 Å². The molecule has 1 amide bonds. The molecule has 22 heavy (non-hydrogen) atoms. The van der Waals surface area contributed by atoms with E-state index in [1.807, 2.05) is 11.8 Å². The van der Waals surface area contributed by atoms with Gasteiger partial charge in [0.15, 0.2) is 0 Å². The lowest BCUT2D eigenvalue weighted by Gasteiger charge is -2.24. The van der Waals surface area contributed by atoms with Crippen LogP contribution in [0, 0.1) is 0 Å². The van der Waals surface area contributed by atoms with Gasteiger partial charge in [0.2, 0.25) is 5.91 Å². The molecule has 0 aromatic heterocycles. The van der Waals surface area contributed by atoms with Crippen LogP contribution < -0.4 is 10.6 Å². The molecule has 1 fully saturated rings. The lowest BCUT2D eigenvalue weighted by Crippen LogP contribution is -2.40. The zero-order valence-corrected chi connectivity index (χ0v) is 14.9. The number of hydrogen-bond donors (Lipinski definition) is 2. The van der Waals surface area contributed by atoms with E-state index in [1.165, 1.54) is 11.1 Å². The third kappa shape index (κ3) is 4.50. The molecule has 0 aliphatic carbocycles. The van der Waals surface area contributed by atoms with E-state index in [9.17, 15) is 4.79 Å². The van der Waals surface area contributed by atoms with Crippen molar-refractivity contribution in [1.29, 1.82) is 0 Å². The topological polar surface area (TPSA) is 41.1 Å². The molecule has 2 rings (SSSR count). The van der Waals surface area contributed by atoms with Gasteiger partial charge < -0.3 is 10.6 Å². The van der Waals surface area contributed by atoms with E-state index in [4.69, 9.17) is 0 Å². The quantitative estimate of drug-likeness (QED) is 0.862. The van der Waals surface area contributed by atoms with E-state index in [0.29, 0.717) is 24.3 Å². The fraction of sp³-hybridized carbons (Fsp3) is 0.611. The summed E-state index contributed by atoms with van der Waals surface area (Å²) in [5, 5.41) is 6.63. The van der Waals surface area contributed by atoms with Crippen molar-refractivity contribution in [3.05, 3.63) is 29.3 Å². The molecule has 1 aliphatic rings. The Kier molecular flexibility index (Phi) is 6.33. The van der Waals surface area contributed by atoms with Crippen molar-refractivity contribution in [3.63, 3.8) is 0 Å². The van der Waals surface area contributed by atoms with E-state index in [0.717, 1.165) is 23.7 Å². The summed E-state index contributed by atoms with van der Waals surface area (Å²) in [5.74, 6) is 3.09. The molecule has 2 N–H and O–H groups in total. The van der Waals surface area contributed by atoms with E-state index < -0.39 is 0 Å². The summed E-state index contributed by atoms with van der Waals surface area (Å²) in [6, 6.07) is 6.65. The van der Waals surface area contributed by atoms with Crippen molar-refractivity contribution >= 4 is 23.4 Å². The van der Waals surface area contributed by atoms with Crippen LogP contribution in [0.3, 0.4) is 0 Å². The van der Waals surface area contributed by atoms with Gasteiger partial charge in [-0.15, -0.1) is 0 Å². The summed E-state index contributed by atoms with van der Waals surface area (Å²) < 4.78 is 0. The van der Waals surface area contributed by atoms with Crippen LogP contribution in [-0.2, 0) is 4.79 Å². The summed E-state index contributed by atoms with van der Waals surface area (Å²) in [5.41, 5.74) is 3.48. The minimum absolute atomic E-state index is 0.120. The third-order valence-electron chi connectivity index (χ3n) is 4.07. The highest BCUT2D eigenvalue weighted by Gasteiger charge is 2.20. The van der Waals surface area contributed by atoms with Gasteiger partial charge in [-0.2, -0.15) is 11.8 Å². The summed E-state index contributed by atoms with van der Waals surface area (Å²) in [7, 11) is 0. The number of thioether (sulfide) groups is 1. The number of carbonyl (C=O) groups excluding carboxylic acids is 1. The molecule has 1 heterocycles. The predicted octanol–water partition coefficient (Wildman–Crippen LogP) is 3.97. The average Bonchev–Trinajstić information content (AvgIpc) is 2.47. The molecule has 1 aromatic carbocycles. The number of carbonyl (C=O) groups is 1. The summed E-state index contributed by atoms with van der Waals surface area (Å²) >= 11 is 1.92. The predicted molar refractivity (Wildman–Crippen MR) is 97.0 cm³/mol. The summed E-state index contributed by atoms with van der Waals surface area (Å²) in [4.78, 5) is 12.5. The number of para-hydroxylation sites is 1. The number of anilines is 1. The van der Waals surface area contributed by atoms with E-state index >= 15 is 0 Å². The molecule has 122 valence electrons. The lowest BCUT2D eigenvalue weighted by atomic mass is 9.92. The average molecular weight is 321 g/mol. The van der Waals surface area contributed by atoms with Gasteiger partial charge in [-0.05, 0) is 23.0 Å². The Labute approximate surface area is 138 Å². The molecule has 0 bridgehead atoms. The fourth-order valence-electron chi connectivity index (χ4n) is 2.86. The van der Waals surface area contributed by atoms with Crippen LogP contribution in [0.15, 0.2) is 18.2 Å². The molecule has 1 aliphatic heterocycles. The molecule has 4 heteroatoms. The van der Waals surface area contributed by atoms with Crippen molar-refractivity contribution in [1.82, 2.24) is 5.32 Å². The lowest BCUT2D eigenvalue weighted by molar-refractivity contribution is -0.116. The van der Waals surface area contributed by atoms with Gasteiger partial charge in [-0.25, -0.2) is 0 Å². The molecular formula is C18H28N2OS. The van der Waals surface area contributed by atoms with Crippen molar-refractivity contribution in [2.45, 2.75) is 52.0 Å². The highest BCUT2D eigenvalue weighted by atomic mass is 32.2. The van der Waals surface area contributed by atoms with Gasteiger partial charge >= 0.3 is 0 Å². The zero-order chi connectivity index (χ0) is 16.1. The van der Waals surface area contributed by atoms with Crippen LogP contribution in [0.2, 0.25) is 0 Å². The largest absolute Gasteiger partial charge is 0.326 e. The first-order valence-electron chi connectivity index (χ1n) is 8.22. The Hall–Kier alpha value is -1.000. The van der Waals surface area contributed by atoms with Crippen molar-refractivity contribution < 1.29 is 4.79 Å². The molecule has 1 unspecified atom stereocenters. The van der Waals surface area contributed by atoms with Gasteiger partial charge in [0, 0.05) is 36.2 Å². The Balaban J connectivity index is 2.14. The third-order valence-corrected chi connectivity index (χ3v) is 5.20. The molecule has 0 saturated carbocycles. The Bertz CT molecular complexity index is 482. The van der Waals surface area contributed by atoms with Gasteiger partial charge in [0.25, 0.3) is 0 Å². The normalized spacial score (nSPS) is 18.7. The first-order valence-corrected chi connectivity index (χ1v) is 9.38. The zero-order valence-electron chi connectivity index (χ0n) is 14.1. The summed E-state index contributed by atoms with van der Waals surface area (Å²) in [6.07, 6.45) is 0.553. The van der Waals surface area contributed by atoms with Crippen molar-refractivity contribution in [2.24, 2.45) is 0 Å². The molecule has 3 nitrogen and oxygen atoms in total. The van der Waals surface area contributed by atoms with Crippen LogP contribution in [0.1, 0.15) is 57.1 Å². The maximum absolute atomic E-state index is 12.5. The number of nitrogens with one attached hydrogen (secondary N) is 2. The maximum Gasteiger partial charge on any atom is 0.225 e. The highest BCUT2D eigenvalue weighted by Crippen LogP contribution is 2.32. The molecule has 0 radical (unpaired) electrons. The van der Waals surface area contributed by atoms with E-state index in [-0.39, 0.29) is 5.91 Å². The second-order valence-corrected chi connectivity index (χ2v) is 7.75. The van der Waals surface area contributed by atoms with E-state index in [1.54, 1.807) is 0 Å². The molecule has 1 aromatic rings. The van der Waals surface area contributed by atoms with Crippen LogP contribution in [0.25, 0.3) is 0 Å². The van der Waals surface area contributed by atoms with Crippen molar-refractivity contribution in [2.75, 3.05) is 23.4 Å². The Morgan fingerprint density at radius 3 is 2.41 bits per heavy atom. The van der Waals surface area contributed by atoms with E-state index in [2.05, 4.69) is 56.5 Å². The van der Waals surface area contributed by atoms with Crippen LogP contribution >= 0.6 is 11.8 Å².